The third-order valence-electron chi connectivity index (χ3n) is 3.18. The molecule has 94 valence electrons. The van der Waals surface area contributed by atoms with Crippen LogP contribution in [0.1, 0.15) is 40.5 Å². The quantitative estimate of drug-likeness (QED) is 0.774. The van der Waals surface area contributed by atoms with Crippen LogP contribution in [0.2, 0.25) is 0 Å². The summed E-state index contributed by atoms with van der Waals surface area (Å²) in [5, 5.41) is 3.57. The Morgan fingerprint density at radius 2 is 1.81 bits per heavy atom. The molecule has 0 radical (unpaired) electrons. The Labute approximate surface area is 99.6 Å². The summed E-state index contributed by atoms with van der Waals surface area (Å²) in [5.74, 6) is 0.543. The second kappa shape index (κ2) is 6.36. The van der Waals surface area contributed by atoms with Crippen molar-refractivity contribution >= 4 is 5.78 Å². The molecule has 3 nitrogen and oxygen atoms in total. The van der Waals surface area contributed by atoms with Gasteiger partial charge in [0.2, 0.25) is 0 Å². The fourth-order valence-electron chi connectivity index (χ4n) is 2.13. The Hall–Kier alpha value is -0.410. The van der Waals surface area contributed by atoms with E-state index in [1.165, 1.54) is 12.8 Å². The van der Waals surface area contributed by atoms with Crippen molar-refractivity contribution in [3.63, 3.8) is 0 Å². The van der Waals surface area contributed by atoms with Gasteiger partial charge in [0.15, 0.2) is 0 Å². The maximum atomic E-state index is 11.6. The van der Waals surface area contributed by atoms with Gasteiger partial charge >= 0.3 is 0 Å². The minimum absolute atomic E-state index is 0.173. The fraction of sp³-hybridized carbons (Fsp3) is 0.923. The predicted molar refractivity (Wildman–Crippen MR) is 67.6 cm³/mol. The van der Waals surface area contributed by atoms with Gasteiger partial charge in [-0.3, -0.25) is 9.69 Å². The van der Waals surface area contributed by atoms with Crippen LogP contribution in [0.5, 0.6) is 0 Å². The van der Waals surface area contributed by atoms with Gasteiger partial charge in [-0.2, -0.15) is 0 Å². The summed E-state index contributed by atoms with van der Waals surface area (Å²) in [6, 6.07) is 1.21. The lowest BCUT2D eigenvalue weighted by atomic mass is 10.0. The Morgan fingerprint density at radius 3 is 2.25 bits per heavy atom. The number of ketones is 1. The van der Waals surface area contributed by atoms with Gasteiger partial charge in [-0.25, -0.2) is 0 Å². The summed E-state index contributed by atoms with van der Waals surface area (Å²) in [6.07, 6.45) is 2.34. The van der Waals surface area contributed by atoms with E-state index < -0.39 is 0 Å². The molecule has 1 saturated heterocycles. The first-order valence-corrected chi connectivity index (χ1v) is 6.50. The molecule has 16 heavy (non-hydrogen) atoms. The summed E-state index contributed by atoms with van der Waals surface area (Å²) in [6.45, 7) is 11.1. The summed E-state index contributed by atoms with van der Waals surface area (Å²) >= 11 is 0. The van der Waals surface area contributed by atoms with E-state index >= 15 is 0 Å². The topological polar surface area (TPSA) is 32.3 Å². The van der Waals surface area contributed by atoms with Crippen LogP contribution in [-0.2, 0) is 4.79 Å². The number of carbonyl (C=O) groups excluding carboxylic acids is 1. The van der Waals surface area contributed by atoms with Crippen molar-refractivity contribution in [1.82, 2.24) is 10.2 Å². The number of hydrogen-bond acceptors (Lipinski definition) is 3. The zero-order chi connectivity index (χ0) is 12.1. The Morgan fingerprint density at radius 1 is 1.25 bits per heavy atom. The smallest absolute Gasteiger partial charge is 0.149 e. The van der Waals surface area contributed by atoms with Gasteiger partial charge < -0.3 is 5.32 Å². The van der Waals surface area contributed by atoms with E-state index in [1.807, 2.05) is 13.8 Å². The van der Waals surface area contributed by atoms with Crippen LogP contribution in [0, 0.1) is 5.92 Å². The summed E-state index contributed by atoms with van der Waals surface area (Å²) in [5.41, 5.74) is 0. The number of Topliss-reactive ketones (excluding diaryl/α,β-unsaturated/α-hetero) is 1. The molecule has 0 aromatic rings. The highest BCUT2D eigenvalue weighted by Crippen LogP contribution is 2.11. The first-order valence-electron chi connectivity index (χ1n) is 6.50. The number of carbonyl (C=O) groups is 1. The van der Waals surface area contributed by atoms with Gasteiger partial charge in [0.05, 0.1) is 6.54 Å². The highest BCUT2D eigenvalue weighted by Gasteiger charge is 2.21. The molecule has 3 heteroatoms. The molecule has 0 atom stereocenters. The molecule has 0 spiro atoms. The van der Waals surface area contributed by atoms with Crippen molar-refractivity contribution in [2.45, 2.75) is 52.6 Å². The summed E-state index contributed by atoms with van der Waals surface area (Å²) < 4.78 is 0. The Kier molecular flexibility index (Phi) is 5.42. The molecule has 0 aliphatic carbocycles. The van der Waals surface area contributed by atoms with E-state index in [-0.39, 0.29) is 5.92 Å². The van der Waals surface area contributed by atoms with Crippen molar-refractivity contribution in [3.05, 3.63) is 0 Å². The van der Waals surface area contributed by atoms with E-state index in [1.54, 1.807) is 0 Å². The average Bonchev–Trinajstić information content (AvgIpc) is 2.20. The highest BCUT2D eigenvalue weighted by molar-refractivity contribution is 5.82. The minimum Gasteiger partial charge on any atom is -0.312 e. The number of piperidine rings is 1. The Balaban J connectivity index is 2.24. The minimum atomic E-state index is 0.173. The number of likely N-dealkylation sites (tertiary alicyclic amines) is 1. The fourth-order valence-corrected chi connectivity index (χ4v) is 2.13. The molecule has 0 saturated carbocycles. The highest BCUT2D eigenvalue weighted by atomic mass is 16.1. The largest absolute Gasteiger partial charge is 0.312 e. The van der Waals surface area contributed by atoms with Crippen LogP contribution in [-0.4, -0.2) is 42.4 Å². The van der Waals surface area contributed by atoms with Crippen LogP contribution in [0.25, 0.3) is 0 Å². The third-order valence-corrected chi connectivity index (χ3v) is 3.18. The van der Waals surface area contributed by atoms with E-state index in [2.05, 4.69) is 24.1 Å². The molecule has 1 aliphatic heterocycles. The van der Waals surface area contributed by atoms with Crippen LogP contribution in [0.3, 0.4) is 0 Å². The molecule has 0 bridgehead atoms. The molecule has 1 rings (SSSR count). The SMILES string of the molecule is CC(C)NC1CCN(CC(=O)C(C)C)CC1. The zero-order valence-electron chi connectivity index (χ0n) is 11.1. The molecule has 0 amide bonds. The second-order valence-electron chi connectivity index (χ2n) is 5.49. The van der Waals surface area contributed by atoms with E-state index in [0.717, 1.165) is 13.1 Å². The molecular weight excluding hydrogens is 200 g/mol. The average molecular weight is 226 g/mol. The van der Waals surface area contributed by atoms with Gasteiger partial charge in [0.1, 0.15) is 5.78 Å². The van der Waals surface area contributed by atoms with Crippen molar-refractivity contribution < 1.29 is 4.79 Å². The van der Waals surface area contributed by atoms with Gasteiger partial charge in [-0.1, -0.05) is 27.7 Å². The van der Waals surface area contributed by atoms with Gasteiger partial charge in [0.25, 0.3) is 0 Å². The molecule has 1 fully saturated rings. The maximum Gasteiger partial charge on any atom is 0.149 e. The number of nitrogens with one attached hydrogen (secondary N) is 1. The molecule has 1 N–H and O–H groups in total. The van der Waals surface area contributed by atoms with E-state index in [0.29, 0.717) is 24.4 Å². The molecular formula is C13H26N2O. The first-order chi connectivity index (χ1) is 7.49. The number of hydrogen-bond donors (Lipinski definition) is 1. The van der Waals surface area contributed by atoms with Gasteiger partial charge in [0, 0.05) is 31.1 Å². The summed E-state index contributed by atoms with van der Waals surface area (Å²) in [7, 11) is 0. The number of rotatable bonds is 5. The van der Waals surface area contributed by atoms with Gasteiger partial charge in [-0.15, -0.1) is 0 Å². The van der Waals surface area contributed by atoms with Crippen molar-refractivity contribution in [2.75, 3.05) is 19.6 Å². The lowest BCUT2D eigenvalue weighted by molar-refractivity contribution is -0.123. The zero-order valence-corrected chi connectivity index (χ0v) is 11.1. The van der Waals surface area contributed by atoms with E-state index in [4.69, 9.17) is 0 Å². The van der Waals surface area contributed by atoms with E-state index in [9.17, 15) is 4.79 Å². The Bertz CT molecular complexity index is 218. The lowest BCUT2D eigenvalue weighted by Gasteiger charge is -2.33. The molecule has 0 aromatic carbocycles. The monoisotopic (exact) mass is 226 g/mol. The molecule has 1 aliphatic rings. The first kappa shape index (κ1) is 13.7. The second-order valence-corrected chi connectivity index (χ2v) is 5.49. The molecule has 0 aromatic heterocycles. The maximum absolute atomic E-state index is 11.6. The predicted octanol–water partition coefficient (Wildman–Crippen LogP) is 1.67. The summed E-state index contributed by atoms with van der Waals surface area (Å²) in [4.78, 5) is 13.9. The molecule has 0 unspecified atom stereocenters. The normalized spacial score (nSPS) is 19.6. The third kappa shape index (κ3) is 4.62. The van der Waals surface area contributed by atoms with Gasteiger partial charge in [-0.05, 0) is 12.8 Å². The van der Waals surface area contributed by atoms with Crippen LogP contribution >= 0.6 is 0 Å². The standard InChI is InChI=1S/C13H26N2O/c1-10(2)13(16)9-15-7-5-12(6-8-15)14-11(3)4/h10-12,14H,5-9H2,1-4H3. The molecule has 1 heterocycles. The number of nitrogens with zero attached hydrogens (tertiary/aromatic N) is 1. The van der Waals surface area contributed by atoms with Crippen LogP contribution in [0.4, 0.5) is 0 Å². The van der Waals surface area contributed by atoms with Crippen LogP contribution < -0.4 is 5.32 Å². The van der Waals surface area contributed by atoms with Crippen molar-refractivity contribution in [3.8, 4) is 0 Å². The lowest BCUT2D eigenvalue weighted by Crippen LogP contribution is -2.46. The van der Waals surface area contributed by atoms with Crippen LogP contribution in [0.15, 0.2) is 0 Å². The van der Waals surface area contributed by atoms with Crippen molar-refractivity contribution in [1.29, 1.82) is 0 Å². The van der Waals surface area contributed by atoms with Crippen molar-refractivity contribution in [2.24, 2.45) is 5.92 Å².